The average Bonchev–Trinajstić information content (AvgIpc) is 2.59. The average molecular weight is 332 g/mol. The summed E-state index contributed by atoms with van der Waals surface area (Å²) in [4.78, 5) is 12.7. The van der Waals surface area contributed by atoms with Crippen molar-refractivity contribution in [2.24, 2.45) is 0 Å². The van der Waals surface area contributed by atoms with Gasteiger partial charge in [-0.3, -0.25) is 10.1 Å². The van der Waals surface area contributed by atoms with E-state index in [9.17, 15) is 15.2 Å². The molecule has 7 heteroatoms. The molecule has 2 aromatic rings. The molecule has 0 saturated heterocycles. The molecule has 0 fully saturated rings. The summed E-state index contributed by atoms with van der Waals surface area (Å²) < 4.78 is 10.3. The van der Waals surface area contributed by atoms with Gasteiger partial charge in [0.25, 0.3) is 5.69 Å². The minimum atomic E-state index is -1.15. The Morgan fingerprint density at radius 2 is 1.62 bits per heavy atom. The molecule has 0 bridgehead atoms. The van der Waals surface area contributed by atoms with Gasteiger partial charge in [0.05, 0.1) is 30.8 Å². The van der Waals surface area contributed by atoms with Crippen LogP contribution in [0.2, 0.25) is 0 Å². The van der Waals surface area contributed by atoms with Gasteiger partial charge >= 0.3 is 0 Å². The summed E-state index contributed by atoms with van der Waals surface area (Å²) in [5.74, 6) is 0.560. The van der Waals surface area contributed by atoms with E-state index in [1.54, 1.807) is 12.1 Å². The van der Waals surface area contributed by atoms with Crippen LogP contribution in [0.4, 0.5) is 11.4 Å². The molecule has 128 valence electrons. The molecular formula is C17H20N2O5. The largest absolute Gasteiger partial charge is 0.493 e. The number of hydrogen-bond acceptors (Lipinski definition) is 6. The van der Waals surface area contributed by atoms with Crippen molar-refractivity contribution in [1.82, 2.24) is 0 Å². The summed E-state index contributed by atoms with van der Waals surface area (Å²) in [7, 11) is 6.65. The monoisotopic (exact) mass is 332 g/mol. The lowest BCUT2D eigenvalue weighted by Gasteiger charge is -2.17. The van der Waals surface area contributed by atoms with Crippen molar-refractivity contribution in [3.8, 4) is 11.5 Å². The molecular weight excluding hydrogens is 312 g/mol. The van der Waals surface area contributed by atoms with Crippen molar-refractivity contribution < 1.29 is 19.5 Å². The van der Waals surface area contributed by atoms with Crippen LogP contribution >= 0.6 is 0 Å². The molecule has 2 aromatic carbocycles. The highest BCUT2D eigenvalue weighted by molar-refractivity contribution is 5.57. The van der Waals surface area contributed by atoms with Crippen molar-refractivity contribution in [3.05, 3.63) is 57.6 Å². The maximum Gasteiger partial charge on any atom is 0.279 e. The number of nitrogens with zero attached hydrogens (tertiary/aromatic N) is 2. The summed E-state index contributed by atoms with van der Waals surface area (Å²) >= 11 is 0. The van der Waals surface area contributed by atoms with Gasteiger partial charge in [-0.25, -0.2) is 0 Å². The van der Waals surface area contributed by atoms with Crippen LogP contribution in [0.3, 0.4) is 0 Å². The van der Waals surface area contributed by atoms with Crippen LogP contribution in [-0.2, 0) is 0 Å². The molecule has 0 heterocycles. The number of aliphatic hydroxyl groups excluding tert-OH is 1. The van der Waals surface area contributed by atoms with Gasteiger partial charge in [-0.15, -0.1) is 0 Å². The third-order valence-electron chi connectivity index (χ3n) is 3.75. The Hall–Kier alpha value is -2.80. The van der Waals surface area contributed by atoms with Crippen LogP contribution in [0.1, 0.15) is 17.2 Å². The molecule has 2 rings (SSSR count). The van der Waals surface area contributed by atoms with Crippen LogP contribution in [0.15, 0.2) is 36.4 Å². The van der Waals surface area contributed by atoms with Crippen molar-refractivity contribution in [3.63, 3.8) is 0 Å². The highest BCUT2D eigenvalue weighted by Gasteiger charge is 2.25. The maximum absolute atomic E-state index is 11.4. The van der Waals surface area contributed by atoms with Gasteiger partial charge in [-0.2, -0.15) is 0 Å². The number of aliphatic hydroxyl groups is 1. The molecule has 0 aromatic heterocycles. The predicted octanol–water partition coefficient (Wildman–Crippen LogP) is 2.76. The Kier molecular flexibility index (Phi) is 5.25. The Morgan fingerprint density at radius 1 is 1.08 bits per heavy atom. The number of anilines is 1. The van der Waals surface area contributed by atoms with E-state index in [1.165, 1.54) is 26.4 Å². The zero-order valence-electron chi connectivity index (χ0n) is 14.0. The summed E-state index contributed by atoms with van der Waals surface area (Å²) in [6.07, 6.45) is -1.15. The second-order valence-electron chi connectivity index (χ2n) is 5.41. The predicted molar refractivity (Wildman–Crippen MR) is 91.0 cm³/mol. The van der Waals surface area contributed by atoms with E-state index in [-0.39, 0.29) is 17.0 Å². The molecule has 7 nitrogen and oxygen atoms in total. The molecule has 0 aliphatic heterocycles. The fraction of sp³-hybridized carbons (Fsp3) is 0.294. The lowest BCUT2D eigenvalue weighted by molar-refractivity contribution is -0.386. The molecule has 0 aliphatic rings. The maximum atomic E-state index is 11.4. The first-order valence-corrected chi connectivity index (χ1v) is 7.24. The minimum absolute atomic E-state index is 0.148. The van der Waals surface area contributed by atoms with Gasteiger partial charge in [-0.05, 0) is 23.8 Å². The number of benzene rings is 2. The Bertz CT molecular complexity index is 729. The van der Waals surface area contributed by atoms with E-state index in [2.05, 4.69) is 0 Å². The summed E-state index contributed by atoms with van der Waals surface area (Å²) in [5, 5.41) is 22.0. The van der Waals surface area contributed by atoms with Crippen LogP contribution < -0.4 is 14.4 Å². The van der Waals surface area contributed by atoms with E-state index in [4.69, 9.17) is 9.47 Å². The van der Waals surface area contributed by atoms with Crippen molar-refractivity contribution in [1.29, 1.82) is 0 Å². The Balaban J connectivity index is 2.50. The van der Waals surface area contributed by atoms with Crippen molar-refractivity contribution in [2.45, 2.75) is 6.10 Å². The quantitative estimate of drug-likeness (QED) is 0.647. The van der Waals surface area contributed by atoms with E-state index in [0.29, 0.717) is 11.3 Å². The topological polar surface area (TPSA) is 85.1 Å². The molecule has 0 spiro atoms. The summed E-state index contributed by atoms with van der Waals surface area (Å²) in [6, 6.07) is 9.84. The molecule has 24 heavy (non-hydrogen) atoms. The summed E-state index contributed by atoms with van der Waals surface area (Å²) in [5.41, 5.74) is 1.44. The number of nitro benzene ring substituents is 1. The van der Waals surface area contributed by atoms with Gasteiger partial charge in [0, 0.05) is 19.8 Å². The van der Waals surface area contributed by atoms with E-state index in [1.807, 2.05) is 31.1 Å². The normalized spacial score (nSPS) is 11.7. The highest BCUT2D eigenvalue weighted by atomic mass is 16.6. The second-order valence-corrected chi connectivity index (χ2v) is 5.41. The number of hydrogen-bond donors (Lipinski definition) is 1. The first-order valence-electron chi connectivity index (χ1n) is 7.24. The van der Waals surface area contributed by atoms with Gasteiger partial charge in [0.15, 0.2) is 11.5 Å². The molecule has 0 aliphatic carbocycles. The fourth-order valence-corrected chi connectivity index (χ4v) is 2.40. The van der Waals surface area contributed by atoms with E-state index < -0.39 is 11.0 Å². The van der Waals surface area contributed by atoms with E-state index >= 15 is 0 Å². The molecule has 1 atom stereocenters. The molecule has 0 amide bonds. The lowest BCUT2D eigenvalue weighted by atomic mass is 9.99. The second kappa shape index (κ2) is 7.18. The Labute approximate surface area is 140 Å². The van der Waals surface area contributed by atoms with Crippen LogP contribution in [-0.4, -0.2) is 38.3 Å². The highest BCUT2D eigenvalue weighted by Crippen LogP contribution is 2.39. The minimum Gasteiger partial charge on any atom is -0.493 e. The molecule has 0 saturated carbocycles. The number of methoxy groups -OCH3 is 2. The van der Waals surface area contributed by atoms with Gasteiger partial charge < -0.3 is 19.5 Å². The zero-order valence-corrected chi connectivity index (χ0v) is 14.0. The third kappa shape index (κ3) is 3.41. The van der Waals surface area contributed by atoms with Gasteiger partial charge in [-0.1, -0.05) is 12.1 Å². The lowest BCUT2D eigenvalue weighted by Crippen LogP contribution is -2.09. The first kappa shape index (κ1) is 17.6. The molecule has 1 N–H and O–H groups in total. The zero-order chi connectivity index (χ0) is 17.9. The number of nitro groups is 1. The number of rotatable bonds is 6. The van der Waals surface area contributed by atoms with Crippen LogP contribution in [0, 0.1) is 10.1 Å². The standard InChI is InChI=1S/C17H20N2O5/c1-18(2)12-7-5-11(6-8-12)17(20)13-9-15(23-3)16(24-4)10-14(13)19(21)22/h5-10,17,20H,1-4H3. The van der Waals surface area contributed by atoms with Gasteiger partial charge in [0.1, 0.15) is 6.10 Å². The van der Waals surface area contributed by atoms with Crippen LogP contribution in [0.5, 0.6) is 11.5 Å². The molecule has 0 radical (unpaired) electrons. The smallest absolute Gasteiger partial charge is 0.279 e. The van der Waals surface area contributed by atoms with Crippen LogP contribution in [0.25, 0.3) is 0 Å². The van der Waals surface area contributed by atoms with E-state index in [0.717, 1.165) is 5.69 Å². The first-order chi connectivity index (χ1) is 11.4. The summed E-state index contributed by atoms with van der Waals surface area (Å²) in [6.45, 7) is 0. The third-order valence-corrected chi connectivity index (χ3v) is 3.75. The SMILES string of the molecule is COc1cc(C(O)c2ccc(N(C)C)cc2)c([N+](=O)[O-])cc1OC. The fourth-order valence-electron chi connectivity index (χ4n) is 2.40. The van der Waals surface area contributed by atoms with Gasteiger partial charge in [0.2, 0.25) is 0 Å². The molecule has 1 unspecified atom stereocenters. The Morgan fingerprint density at radius 3 is 2.08 bits per heavy atom. The van der Waals surface area contributed by atoms with Crippen molar-refractivity contribution >= 4 is 11.4 Å². The van der Waals surface area contributed by atoms with Crippen molar-refractivity contribution in [2.75, 3.05) is 33.2 Å². The number of ether oxygens (including phenoxy) is 2.